The second kappa shape index (κ2) is 7.29. The average molecular weight is 338 g/mol. The highest BCUT2D eigenvalue weighted by molar-refractivity contribution is 6.30. The molecular weight excluding hydrogens is 318 g/mol. The van der Waals surface area contributed by atoms with Crippen molar-refractivity contribution in [1.29, 1.82) is 0 Å². The van der Waals surface area contributed by atoms with E-state index in [0.29, 0.717) is 37.7 Å². The van der Waals surface area contributed by atoms with Crippen molar-refractivity contribution >= 4 is 29.1 Å². The van der Waals surface area contributed by atoms with Crippen molar-refractivity contribution in [1.82, 2.24) is 10.2 Å². The Morgan fingerprint density at radius 3 is 2.96 bits per heavy atom. The molecule has 2 fully saturated rings. The molecule has 0 saturated carbocycles. The van der Waals surface area contributed by atoms with Gasteiger partial charge in [0.15, 0.2) is 0 Å². The van der Waals surface area contributed by atoms with E-state index in [2.05, 4.69) is 5.32 Å². The van der Waals surface area contributed by atoms with Gasteiger partial charge in [-0.05, 0) is 18.2 Å². The van der Waals surface area contributed by atoms with E-state index in [1.165, 1.54) is 0 Å². The molecule has 1 N–H and O–H groups in total. The summed E-state index contributed by atoms with van der Waals surface area (Å²) in [5.74, 6) is -0.0909. The summed E-state index contributed by atoms with van der Waals surface area (Å²) in [6.07, 6.45) is 0.366. The standard InChI is InChI=1S/C16H20ClN3O3/c17-12-2-1-3-14(8-12)20-6-5-19(10-16(20)22)15(21)9-13-11-23-7-4-18-13/h1-3,8,13,18H,4-7,9-11H2/t13-/m1/s1. The van der Waals surface area contributed by atoms with Crippen molar-refractivity contribution in [2.45, 2.75) is 12.5 Å². The van der Waals surface area contributed by atoms with Crippen LogP contribution in [0, 0.1) is 0 Å². The number of nitrogens with zero attached hydrogens (tertiary/aromatic N) is 2. The van der Waals surface area contributed by atoms with Gasteiger partial charge in [-0.15, -0.1) is 0 Å². The first kappa shape index (κ1) is 16.2. The third-order valence-electron chi connectivity index (χ3n) is 4.11. The summed E-state index contributed by atoms with van der Waals surface area (Å²) >= 11 is 5.98. The number of nitrogens with one attached hydrogen (secondary N) is 1. The Bertz CT molecular complexity index is 590. The predicted octanol–water partition coefficient (Wildman–Crippen LogP) is 0.894. The van der Waals surface area contributed by atoms with Crippen LogP contribution in [0.1, 0.15) is 6.42 Å². The van der Waals surface area contributed by atoms with Gasteiger partial charge in [0.1, 0.15) is 6.54 Å². The number of hydrogen-bond donors (Lipinski definition) is 1. The van der Waals surface area contributed by atoms with Crippen molar-refractivity contribution in [2.75, 3.05) is 44.3 Å². The highest BCUT2D eigenvalue weighted by Gasteiger charge is 2.29. The number of hydrogen-bond acceptors (Lipinski definition) is 4. The van der Waals surface area contributed by atoms with Crippen LogP contribution in [0.5, 0.6) is 0 Å². The minimum atomic E-state index is -0.0836. The number of rotatable bonds is 3. The molecule has 0 aromatic heterocycles. The van der Waals surface area contributed by atoms with Gasteiger partial charge in [0.2, 0.25) is 11.8 Å². The number of piperazine rings is 1. The third kappa shape index (κ3) is 4.02. The molecule has 23 heavy (non-hydrogen) atoms. The zero-order valence-electron chi connectivity index (χ0n) is 12.8. The number of amides is 2. The van der Waals surface area contributed by atoms with Crippen molar-refractivity contribution in [3.8, 4) is 0 Å². The minimum Gasteiger partial charge on any atom is -0.378 e. The van der Waals surface area contributed by atoms with Crippen LogP contribution < -0.4 is 10.2 Å². The highest BCUT2D eigenvalue weighted by atomic mass is 35.5. The van der Waals surface area contributed by atoms with Gasteiger partial charge in [0, 0.05) is 42.8 Å². The third-order valence-corrected chi connectivity index (χ3v) is 4.35. The van der Waals surface area contributed by atoms with E-state index in [1.54, 1.807) is 21.9 Å². The second-order valence-electron chi connectivity index (χ2n) is 5.77. The molecule has 0 aliphatic carbocycles. The molecule has 1 aromatic carbocycles. The maximum atomic E-state index is 12.4. The van der Waals surface area contributed by atoms with Crippen molar-refractivity contribution in [2.24, 2.45) is 0 Å². The Kier molecular flexibility index (Phi) is 5.15. The average Bonchev–Trinajstić information content (AvgIpc) is 2.55. The van der Waals surface area contributed by atoms with Crippen LogP contribution >= 0.6 is 11.6 Å². The van der Waals surface area contributed by atoms with E-state index < -0.39 is 0 Å². The van der Waals surface area contributed by atoms with Gasteiger partial charge < -0.3 is 19.9 Å². The molecular formula is C16H20ClN3O3. The normalized spacial score (nSPS) is 22.3. The van der Waals surface area contributed by atoms with Crippen LogP contribution in [-0.2, 0) is 14.3 Å². The van der Waals surface area contributed by atoms with Gasteiger partial charge in [0.25, 0.3) is 0 Å². The van der Waals surface area contributed by atoms with Crippen LogP contribution in [0.4, 0.5) is 5.69 Å². The van der Waals surface area contributed by atoms with E-state index in [-0.39, 0.29) is 24.4 Å². The SMILES string of the molecule is O=C(C[C@@H]1COCCN1)N1CCN(c2cccc(Cl)c2)C(=O)C1. The van der Waals surface area contributed by atoms with Crippen LogP contribution in [0.3, 0.4) is 0 Å². The predicted molar refractivity (Wildman–Crippen MR) is 87.6 cm³/mol. The Labute approximate surface area is 140 Å². The summed E-state index contributed by atoms with van der Waals surface area (Å²) in [5.41, 5.74) is 0.775. The molecule has 0 bridgehead atoms. The van der Waals surface area contributed by atoms with E-state index in [4.69, 9.17) is 16.3 Å². The van der Waals surface area contributed by atoms with E-state index in [0.717, 1.165) is 12.2 Å². The first-order valence-electron chi connectivity index (χ1n) is 7.78. The molecule has 2 aliphatic heterocycles. The van der Waals surface area contributed by atoms with Gasteiger partial charge in [-0.1, -0.05) is 17.7 Å². The topological polar surface area (TPSA) is 61.9 Å². The first-order chi connectivity index (χ1) is 11.1. The van der Waals surface area contributed by atoms with Crippen molar-refractivity contribution < 1.29 is 14.3 Å². The Hall–Kier alpha value is -1.63. The minimum absolute atomic E-state index is 0.00732. The van der Waals surface area contributed by atoms with E-state index in [1.807, 2.05) is 12.1 Å². The van der Waals surface area contributed by atoms with Crippen molar-refractivity contribution in [3.05, 3.63) is 29.3 Å². The molecule has 0 unspecified atom stereocenters. The number of morpholine rings is 1. The molecule has 2 heterocycles. The lowest BCUT2D eigenvalue weighted by Gasteiger charge is -2.35. The first-order valence-corrected chi connectivity index (χ1v) is 8.16. The number of carbonyl (C=O) groups is 2. The molecule has 2 aliphatic rings. The zero-order chi connectivity index (χ0) is 16.2. The largest absolute Gasteiger partial charge is 0.378 e. The molecule has 3 rings (SSSR count). The molecule has 1 atom stereocenters. The van der Waals surface area contributed by atoms with Crippen LogP contribution in [-0.4, -0.2) is 62.1 Å². The monoisotopic (exact) mass is 337 g/mol. The van der Waals surface area contributed by atoms with Gasteiger partial charge in [-0.25, -0.2) is 0 Å². The molecule has 0 spiro atoms. The molecule has 2 saturated heterocycles. The second-order valence-corrected chi connectivity index (χ2v) is 6.21. The smallest absolute Gasteiger partial charge is 0.246 e. The summed E-state index contributed by atoms with van der Waals surface area (Å²) in [6.45, 7) is 3.12. The highest BCUT2D eigenvalue weighted by Crippen LogP contribution is 2.21. The summed E-state index contributed by atoms with van der Waals surface area (Å²) in [4.78, 5) is 28.0. The zero-order valence-corrected chi connectivity index (χ0v) is 13.6. The molecule has 6 nitrogen and oxygen atoms in total. The van der Waals surface area contributed by atoms with Gasteiger partial charge in [-0.2, -0.15) is 0 Å². The maximum Gasteiger partial charge on any atom is 0.246 e. The fourth-order valence-corrected chi connectivity index (χ4v) is 3.08. The molecule has 2 amide bonds. The Morgan fingerprint density at radius 1 is 1.39 bits per heavy atom. The lowest BCUT2D eigenvalue weighted by atomic mass is 10.1. The van der Waals surface area contributed by atoms with E-state index in [9.17, 15) is 9.59 Å². The summed E-state index contributed by atoms with van der Waals surface area (Å²) in [6, 6.07) is 7.24. The van der Waals surface area contributed by atoms with Crippen LogP contribution in [0.15, 0.2) is 24.3 Å². The van der Waals surface area contributed by atoms with Gasteiger partial charge in [0.05, 0.1) is 13.2 Å². The number of carbonyl (C=O) groups excluding carboxylic acids is 2. The molecule has 124 valence electrons. The fraction of sp³-hybridized carbons (Fsp3) is 0.500. The van der Waals surface area contributed by atoms with Crippen LogP contribution in [0.2, 0.25) is 5.02 Å². The van der Waals surface area contributed by atoms with Gasteiger partial charge in [-0.3, -0.25) is 9.59 Å². The number of anilines is 1. The number of benzene rings is 1. The molecule has 7 heteroatoms. The quantitative estimate of drug-likeness (QED) is 0.890. The van der Waals surface area contributed by atoms with Gasteiger partial charge >= 0.3 is 0 Å². The maximum absolute atomic E-state index is 12.4. The molecule has 1 aromatic rings. The lowest BCUT2D eigenvalue weighted by molar-refractivity contribution is -0.137. The number of halogens is 1. The summed E-state index contributed by atoms with van der Waals surface area (Å²) in [5, 5.41) is 3.85. The summed E-state index contributed by atoms with van der Waals surface area (Å²) in [7, 11) is 0. The molecule has 0 radical (unpaired) electrons. The summed E-state index contributed by atoms with van der Waals surface area (Å²) < 4.78 is 5.36. The fourth-order valence-electron chi connectivity index (χ4n) is 2.89. The Balaban J connectivity index is 1.57. The Morgan fingerprint density at radius 2 is 2.26 bits per heavy atom. The lowest BCUT2D eigenvalue weighted by Crippen LogP contribution is -2.54. The number of ether oxygens (including phenoxy) is 1. The van der Waals surface area contributed by atoms with Crippen LogP contribution in [0.25, 0.3) is 0 Å². The van der Waals surface area contributed by atoms with E-state index >= 15 is 0 Å². The van der Waals surface area contributed by atoms with Crippen molar-refractivity contribution in [3.63, 3.8) is 0 Å².